The number of carbonyl (C=O) groups is 1. The lowest BCUT2D eigenvalue weighted by Crippen LogP contribution is -2.27. The Morgan fingerprint density at radius 1 is 1.22 bits per heavy atom. The maximum absolute atomic E-state index is 11.2. The Morgan fingerprint density at radius 3 is 2.44 bits per heavy atom. The molecule has 0 saturated heterocycles. The number of aryl methyl sites for hydroxylation is 1. The molecule has 1 rings (SSSR count). The second-order valence-corrected chi connectivity index (χ2v) is 3.99. The molecule has 0 unspecified atom stereocenters. The van der Waals surface area contributed by atoms with E-state index < -0.39 is 0 Å². The van der Waals surface area contributed by atoms with Crippen LogP contribution in [0, 0.1) is 6.92 Å². The van der Waals surface area contributed by atoms with E-state index in [9.17, 15) is 4.79 Å². The molecule has 1 heterocycles. The molecule has 18 heavy (non-hydrogen) atoms. The average Bonchev–Trinajstić information content (AvgIpc) is 2.38. The lowest BCUT2D eigenvalue weighted by atomic mass is 10.2. The molecule has 0 fully saturated rings. The monoisotopic (exact) mass is 251 g/mol. The molecule has 0 aromatic carbocycles. The number of hydrogen-bond acceptors (Lipinski definition) is 5. The minimum absolute atomic E-state index is 0.0731. The van der Waals surface area contributed by atoms with Crippen molar-refractivity contribution >= 4 is 17.5 Å². The average molecular weight is 251 g/mol. The minimum atomic E-state index is -0.0731. The van der Waals surface area contributed by atoms with Gasteiger partial charge in [0, 0.05) is 26.1 Å². The molecular formula is C12H21N5O. The highest BCUT2D eigenvalue weighted by molar-refractivity contribution is 5.80. The largest absolute Gasteiger partial charge is 0.373 e. The molecule has 0 aliphatic rings. The molecule has 0 atom stereocenters. The highest BCUT2D eigenvalue weighted by Crippen LogP contribution is 2.19. The summed E-state index contributed by atoms with van der Waals surface area (Å²) in [6.07, 6.45) is 1.81. The number of nitrogens with one attached hydrogen (secondary N) is 3. The minimum Gasteiger partial charge on any atom is -0.373 e. The van der Waals surface area contributed by atoms with E-state index in [0.29, 0.717) is 5.82 Å². The van der Waals surface area contributed by atoms with E-state index in [2.05, 4.69) is 32.8 Å². The van der Waals surface area contributed by atoms with Crippen molar-refractivity contribution in [2.24, 2.45) is 0 Å². The van der Waals surface area contributed by atoms with Crippen LogP contribution in [-0.2, 0) is 11.2 Å². The molecule has 0 bridgehead atoms. The molecule has 0 aliphatic carbocycles. The third-order valence-electron chi connectivity index (χ3n) is 2.60. The first kappa shape index (κ1) is 14.2. The van der Waals surface area contributed by atoms with Crippen molar-refractivity contribution in [2.75, 3.05) is 31.3 Å². The first-order valence-corrected chi connectivity index (χ1v) is 6.12. The first-order chi connectivity index (χ1) is 8.62. The van der Waals surface area contributed by atoms with Gasteiger partial charge in [-0.25, -0.2) is 9.97 Å². The Balaban J connectivity index is 2.93. The van der Waals surface area contributed by atoms with Crippen LogP contribution in [0.3, 0.4) is 0 Å². The van der Waals surface area contributed by atoms with Crippen LogP contribution in [0.15, 0.2) is 0 Å². The van der Waals surface area contributed by atoms with Gasteiger partial charge in [0.1, 0.15) is 17.5 Å². The lowest BCUT2D eigenvalue weighted by molar-refractivity contribution is -0.118. The van der Waals surface area contributed by atoms with E-state index in [1.165, 1.54) is 0 Å². The van der Waals surface area contributed by atoms with Gasteiger partial charge in [0.05, 0.1) is 6.54 Å². The van der Waals surface area contributed by atoms with Crippen LogP contribution in [0.5, 0.6) is 0 Å². The van der Waals surface area contributed by atoms with Crippen molar-refractivity contribution in [3.05, 3.63) is 11.4 Å². The maximum Gasteiger partial charge on any atom is 0.239 e. The first-order valence-electron chi connectivity index (χ1n) is 6.12. The second-order valence-electron chi connectivity index (χ2n) is 3.99. The van der Waals surface area contributed by atoms with Gasteiger partial charge in [0.2, 0.25) is 5.91 Å². The van der Waals surface area contributed by atoms with Gasteiger partial charge >= 0.3 is 0 Å². The number of anilines is 2. The van der Waals surface area contributed by atoms with Gasteiger partial charge in [-0.05, 0) is 13.3 Å². The van der Waals surface area contributed by atoms with E-state index >= 15 is 0 Å². The summed E-state index contributed by atoms with van der Waals surface area (Å²) in [4.78, 5) is 20.1. The predicted molar refractivity (Wildman–Crippen MR) is 72.9 cm³/mol. The standard InChI is InChI=1S/C12H21N5O/c1-5-6-9-16-11(14-4)8(2)12(17-9)15-7-10(18)13-3/h5-7H2,1-4H3,(H,13,18)(H2,14,15,16,17). The third-order valence-corrected chi connectivity index (χ3v) is 2.60. The zero-order valence-corrected chi connectivity index (χ0v) is 11.4. The fourth-order valence-electron chi connectivity index (χ4n) is 1.57. The summed E-state index contributed by atoms with van der Waals surface area (Å²) in [5, 5.41) is 8.64. The summed E-state index contributed by atoms with van der Waals surface area (Å²) >= 11 is 0. The fraction of sp³-hybridized carbons (Fsp3) is 0.583. The van der Waals surface area contributed by atoms with E-state index in [1.807, 2.05) is 14.0 Å². The van der Waals surface area contributed by atoms with E-state index in [4.69, 9.17) is 0 Å². The van der Waals surface area contributed by atoms with Gasteiger partial charge in [0.25, 0.3) is 0 Å². The molecule has 0 spiro atoms. The number of hydrogen-bond donors (Lipinski definition) is 3. The van der Waals surface area contributed by atoms with Crippen molar-refractivity contribution in [2.45, 2.75) is 26.7 Å². The molecule has 1 aromatic heterocycles. The van der Waals surface area contributed by atoms with Gasteiger partial charge in [-0.1, -0.05) is 6.92 Å². The van der Waals surface area contributed by atoms with E-state index in [1.54, 1.807) is 7.05 Å². The number of carbonyl (C=O) groups excluding carboxylic acids is 1. The number of likely N-dealkylation sites (N-methyl/N-ethyl adjacent to an activating group) is 1. The SMILES string of the molecule is CCCc1nc(NC)c(C)c(NCC(=O)NC)n1. The summed E-state index contributed by atoms with van der Waals surface area (Å²) < 4.78 is 0. The van der Waals surface area contributed by atoms with Gasteiger partial charge in [0.15, 0.2) is 0 Å². The zero-order valence-electron chi connectivity index (χ0n) is 11.4. The molecule has 0 radical (unpaired) electrons. The quantitative estimate of drug-likeness (QED) is 0.701. The molecule has 1 aromatic rings. The zero-order chi connectivity index (χ0) is 13.5. The highest BCUT2D eigenvalue weighted by atomic mass is 16.1. The summed E-state index contributed by atoms with van der Waals surface area (Å²) in [6, 6.07) is 0. The maximum atomic E-state index is 11.2. The number of amides is 1. The molecule has 6 heteroatoms. The fourth-order valence-corrected chi connectivity index (χ4v) is 1.57. The number of aromatic nitrogens is 2. The Morgan fingerprint density at radius 2 is 1.89 bits per heavy atom. The van der Waals surface area contributed by atoms with Crippen LogP contribution in [0.25, 0.3) is 0 Å². The second kappa shape index (κ2) is 6.78. The number of rotatable bonds is 6. The lowest BCUT2D eigenvalue weighted by Gasteiger charge is -2.13. The van der Waals surface area contributed by atoms with Gasteiger partial charge in [-0.3, -0.25) is 4.79 Å². The van der Waals surface area contributed by atoms with Crippen molar-refractivity contribution in [3.63, 3.8) is 0 Å². The molecule has 0 aliphatic heterocycles. The topological polar surface area (TPSA) is 78.9 Å². The van der Waals surface area contributed by atoms with Crippen molar-refractivity contribution in [1.29, 1.82) is 0 Å². The van der Waals surface area contributed by atoms with Crippen molar-refractivity contribution in [3.8, 4) is 0 Å². The molecular weight excluding hydrogens is 230 g/mol. The number of nitrogens with zero attached hydrogens (tertiary/aromatic N) is 2. The van der Waals surface area contributed by atoms with Crippen LogP contribution >= 0.6 is 0 Å². The van der Waals surface area contributed by atoms with Crippen molar-refractivity contribution in [1.82, 2.24) is 15.3 Å². The Kier molecular flexibility index (Phi) is 5.35. The van der Waals surface area contributed by atoms with E-state index in [-0.39, 0.29) is 12.5 Å². The van der Waals surface area contributed by atoms with Gasteiger partial charge in [-0.15, -0.1) is 0 Å². The van der Waals surface area contributed by atoms with Crippen LogP contribution in [0.2, 0.25) is 0 Å². The molecule has 100 valence electrons. The normalized spacial score (nSPS) is 10.0. The van der Waals surface area contributed by atoms with Crippen LogP contribution in [0.4, 0.5) is 11.6 Å². The van der Waals surface area contributed by atoms with Crippen LogP contribution < -0.4 is 16.0 Å². The van der Waals surface area contributed by atoms with Gasteiger partial charge in [-0.2, -0.15) is 0 Å². The summed E-state index contributed by atoms with van der Waals surface area (Å²) in [7, 11) is 3.44. The predicted octanol–water partition coefficient (Wildman–Crippen LogP) is 0.937. The molecule has 6 nitrogen and oxygen atoms in total. The third kappa shape index (κ3) is 3.58. The van der Waals surface area contributed by atoms with E-state index in [0.717, 1.165) is 30.0 Å². The molecule has 1 amide bonds. The highest BCUT2D eigenvalue weighted by Gasteiger charge is 2.10. The van der Waals surface area contributed by atoms with Crippen LogP contribution in [0.1, 0.15) is 24.7 Å². The summed E-state index contributed by atoms with van der Waals surface area (Å²) in [5.41, 5.74) is 0.918. The van der Waals surface area contributed by atoms with Gasteiger partial charge < -0.3 is 16.0 Å². The summed E-state index contributed by atoms with van der Waals surface area (Å²) in [6.45, 7) is 4.22. The van der Waals surface area contributed by atoms with Crippen molar-refractivity contribution < 1.29 is 4.79 Å². The molecule has 0 saturated carbocycles. The Labute approximate surface area is 108 Å². The summed E-state index contributed by atoms with van der Waals surface area (Å²) in [5.74, 6) is 2.22. The molecule has 3 N–H and O–H groups in total. The Bertz CT molecular complexity index is 419. The van der Waals surface area contributed by atoms with Crippen LogP contribution in [-0.4, -0.2) is 36.5 Å². The Hall–Kier alpha value is -1.85. The smallest absolute Gasteiger partial charge is 0.239 e.